The Morgan fingerprint density at radius 2 is 2.28 bits per heavy atom. The Labute approximate surface area is 103 Å². The highest BCUT2D eigenvalue weighted by molar-refractivity contribution is 5.86. The maximum atomic E-state index is 10.7. The summed E-state index contributed by atoms with van der Waals surface area (Å²) >= 11 is 0. The number of nitrogens with one attached hydrogen (secondary N) is 1. The Bertz CT molecular complexity index is 602. The Balaban J connectivity index is 1.78. The zero-order chi connectivity index (χ0) is 12.7. The van der Waals surface area contributed by atoms with Crippen LogP contribution in [0.2, 0.25) is 0 Å². The quantitative estimate of drug-likeness (QED) is 0.826. The molecule has 0 bridgehead atoms. The Kier molecular flexibility index (Phi) is 2.39. The van der Waals surface area contributed by atoms with E-state index in [1.165, 1.54) is 6.33 Å². The van der Waals surface area contributed by atoms with Gasteiger partial charge in [0.05, 0.1) is 17.5 Å². The third-order valence-electron chi connectivity index (χ3n) is 3.36. The number of carboxylic acid groups (broad SMARTS) is 1. The van der Waals surface area contributed by atoms with E-state index in [0.717, 1.165) is 16.9 Å². The van der Waals surface area contributed by atoms with Gasteiger partial charge in [-0.25, -0.2) is 9.97 Å². The van der Waals surface area contributed by atoms with Crippen LogP contribution in [0.15, 0.2) is 12.5 Å². The summed E-state index contributed by atoms with van der Waals surface area (Å²) in [6.07, 6.45) is 4.48. The van der Waals surface area contributed by atoms with E-state index in [-0.39, 0.29) is 12.0 Å². The number of anilines is 1. The van der Waals surface area contributed by atoms with E-state index in [9.17, 15) is 4.79 Å². The predicted molar refractivity (Wildman–Crippen MR) is 64.1 cm³/mol. The molecule has 2 N–H and O–H groups in total. The van der Waals surface area contributed by atoms with Gasteiger partial charge in [-0.3, -0.25) is 9.48 Å². The molecule has 1 fully saturated rings. The lowest BCUT2D eigenvalue weighted by atomic mass is 9.80. The molecule has 7 heteroatoms. The minimum absolute atomic E-state index is 0.171. The van der Waals surface area contributed by atoms with E-state index in [1.807, 2.05) is 7.05 Å². The van der Waals surface area contributed by atoms with Crippen LogP contribution in [0.4, 0.5) is 5.82 Å². The molecule has 0 amide bonds. The Morgan fingerprint density at radius 1 is 1.50 bits per heavy atom. The molecule has 0 aromatic carbocycles. The first kappa shape index (κ1) is 10.9. The average Bonchev–Trinajstić information content (AvgIpc) is 2.65. The van der Waals surface area contributed by atoms with Crippen LogP contribution in [0.5, 0.6) is 0 Å². The summed E-state index contributed by atoms with van der Waals surface area (Å²) in [7, 11) is 1.82. The van der Waals surface area contributed by atoms with E-state index >= 15 is 0 Å². The second-order valence-corrected chi connectivity index (χ2v) is 4.58. The van der Waals surface area contributed by atoms with Crippen molar-refractivity contribution in [2.45, 2.75) is 18.9 Å². The first-order valence-corrected chi connectivity index (χ1v) is 5.77. The van der Waals surface area contributed by atoms with Crippen molar-refractivity contribution in [3.05, 3.63) is 12.5 Å². The molecule has 2 heterocycles. The first-order chi connectivity index (χ1) is 8.65. The van der Waals surface area contributed by atoms with Crippen molar-refractivity contribution in [2.75, 3.05) is 5.32 Å². The summed E-state index contributed by atoms with van der Waals surface area (Å²) in [5.74, 6) is -0.224. The molecular weight excluding hydrogens is 234 g/mol. The zero-order valence-corrected chi connectivity index (χ0v) is 9.87. The fourth-order valence-electron chi connectivity index (χ4n) is 2.21. The highest BCUT2D eigenvalue weighted by Crippen LogP contribution is 2.31. The largest absolute Gasteiger partial charge is 0.481 e. The highest BCUT2D eigenvalue weighted by atomic mass is 16.4. The van der Waals surface area contributed by atoms with Crippen LogP contribution in [0, 0.1) is 5.92 Å². The molecule has 1 aliphatic carbocycles. The van der Waals surface area contributed by atoms with E-state index < -0.39 is 5.97 Å². The van der Waals surface area contributed by atoms with Gasteiger partial charge in [-0.2, -0.15) is 5.10 Å². The summed E-state index contributed by atoms with van der Waals surface area (Å²) in [6.45, 7) is 0. The molecule has 1 aliphatic rings. The fraction of sp³-hybridized carbons (Fsp3) is 0.455. The number of carbonyl (C=O) groups is 1. The summed E-state index contributed by atoms with van der Waals surface area (Å²) < 4.78 is 1.68. The summed E-state index contributed by atoms with van der Waals surface area (Å²) in [6, 6.07) is 0.171. The topological polar surface area (TPSA) is 92.9 Å². The number of hydrogen-bond donors (Lipinski definition) is 2. The van der Waals surface area contributed by atoms with Crippen molar-refractivity contribution in [2.24, 2.45) is 13.0 Å². The normalized spacial score (nSPS) is 22.7. The standard InChI is InChI=1S/C11H13N5O2/c1-16-10-8(4-14-16)9(12-5-13-10)15-7-2-6(3-7)11(17)18/h4-7H,2-3H2,1H3,(H,17,18)(H,12,13,15). The van der Waals surface area contributed by atoms with Gasteiger partial charge in [0.2, 0.25) is 0 Å². The van der Waals surface area contributed by atoms with Gasteiger partial charge in [0.1, 0.15) is 12.1 Å². The second kappa shape index (κ2) is 3.94. The molecule has 0 aliphatic heterocycles. The highest BCUT2D eigenvalue weighted by Gasteiger charge is 2.34. The van der Waals surface area contributed by atoms with E-state index in [2.05, 4.69) is 20.4 Å². The van der Waals surface area contributed by atoms with Crippen molar-refractivity contribution in [3.63, 3.8) is 0 Å². The van der Waals surface area contributed by atoms with Crippen LogP contribution in [0.1, 0.15) is 12.8 Å². The van der Waals surface area contributed by atoms with Crippen LogP contribution >= 0.6 is 0 Å². The van der Waals surface area contributed by atoms with Crippen LogP contribution in [-0.4, -0.2) is 36.9 Å². The smallest absolute Gasteiger partial charge is 0.306 e. The third-order valence-corrected chi connectivity index (χ3v) is 3.36. The number of hydrogen-bond acceptors (Lipinski definition) is 5. The van der Waals surface area contributed by atoms with Crippen molar-refractivity contribution in [1.29, 1.82) is 0 Å². The van der Waals surface area contributed by atoms with Gasteiger partial charge in [-0.1, -0.05) is 0 Å². The van der Waals surface area contributed by atoms with E-state index in [0.29, 0.717) is 12.8 Å². The molecule has 2 aromatic heterocycles. The zero-order valence-electron chi connectivity index (χ0n) is 9.87. The number of rotatable bonds is 3. The number of nitrogens with zero attached hydrogens (tertiary/aromatic N) is 4. The van der Waals surface area contributed by atoms with Gasteiger partial charge in [-0.05, 0) is 12.8 Å². The van der Waals surface area contributed by atoms with Gasteiger partial charge in [0.25, 0.3) is 0 Å². The molecule has 18 heavy (non-hydrogen) atoms. The minimum Gasteiger partial charge on any atom is -0.481 e. The molecule has 3 rings (SSSR count). The number of aryl methyl sites for hydroxylation is 1. The van der Waals surface area contributed by atoms with Gasteiger partial charge in [0, 0.05) is 13.1 Å². The predicted octanol–water partition coefficient (Wildman–Crippen LogP) is 0.638. The molecular formula is C11H13N5O2. The molecule has 0 saturated heterocycles. The van der Waals surface area contributed by atoms with Gasteiger partial charge in [0.15, 0.2) is 5.65 Å². The monoisotopic (exact) mass is 247 g/mol. The molecule has 2 aromatic rings. The lowest BCUT2D eigenvalue weighted by molar-refractivity contribution is -0.144. The third kappa shape index (κ3) is 1.68. The SMILES string of the molecule is Cn1ncc2c(NC3CC(C(=O)O)C3)ncnc21. The Morgan fingerprint density at radius 3 is 3.00 bits per heavy atom. The molecule has 0 spiro atoms. The average molecular weight is 247 g/mol. The molecule has 1 saturated carbocycles. The summed E-state index contributed by atoms with van der Waals surface area (Å²) in [5.41, 5.74) is 0.765. The molecule has 0 atom stereocenters. The first-order valence-electron chi connectivity index (χ1n) is 5.77. The number of aliphatic carboxylic acids is 1. The van der Waals surface area contributed by atoms with Crippen LogP contribution in [0.25, 0.3) is 11.0 Å². The van der Waals surface area contributed by atoms with Gasteiger partial charge >= 0.3 is 5.97 Å². The van der Waals surface area contributed by atoms with Gasteiger partial charge < -0.3 is 10.4 Å². The van der Waals surface area contributed by atoms with E-state index in [4.69, 9.17) is 5.11 Å². The summed E-state index contributed by atoms with van der Waals surface area (Å²) in [4.78, 5) is 19.1. The van der Waals surface area contributed by atoms with Crippen molar-refractivity contribution in [1.82, 2.24) is 19.7 Å². The number of fused-ring (bicyclic) bond motifs is 1. The summed E-state index contributed by atoms with van der Waals surface area (Å²) in [5, 5.41) is 17.1. The van der Waals surface area contributed by atoms with Crippen LogP contribution in [-0.2, 0) is 11.8 Å². The van der Waals surface area contributed by atoms with Crippen molar-refractivity contribution in [3.8, 4) is 0 Å². The van der Waals surface area contributed by atoms with Crippen LogP contribution in [0.3, 0.4) is 0 Å². The lowest BCUT2D eigenvalue weighted by Gasteiger charge is -2.33. The molecule has 0 unspecified atom stereocenters. The maximum absolute atomic E-state index is 10.7. The molecule has 94 valence electrons. The van der Waals surface area contributed by atoms with Crippen molar-refractivity contribution >= 4 is 22.8 Å². The van der Waals surface area contributed by atoms with Crippen molar-refractivity contribution < 1.29 is 9.90 Å². The maximum Gasteiger partial charge on any atom is 0.306 e. The fourth-order valence-corrected chi connectivity index (χ4v) is 2.21. The van der Waals surface area contributed by atoms with Gasteiger partial charge in [-0.15, -0.1) is 0 Å². The number of aromatic nitrogens is 4. The van der Waals surface area contributed by atoms with Crippen LogP contribution < -0.4 is 5.32 Å². The minimum atomic E-state index is -0.720. The molecule has 0 radical (unpaired) electrons. The lowest BCUT2D eigenvalue weighted by Crippen LogP contribution is -2.39. The Hall–Kier alpha value is -2.18. The molecule has 7 nitrogen and oxygen atoms in total. The second-order valence-electron chi connectivity index (χ2n) is 4.58. The van der Waals surface area contributed by atoms with E-state index in [1.54, 1.807) is 10.9 Å². The number of carboxylic acids is 1.